The summed E-state index contributed by atoms with van der Waals surface area (Å²) in [6.07, 6.45) is 0.992. The van der Waals surface area contributed by atoms with E-state index in [0.29, 0.717) is 6.54 Å². The average molecular weight is 236 g/mol. The van der Waals surface area contributed by atoms with Crippen molar-refractivity contribution < 1.29 is 9.53 Å². The SMILES string of the molecule is CCCOc1ccc(CNC(=O)[C@@H](C)N)cc1. The number of hydrogen-bond donors (Lipinski definition) is 2. The van der Waals surface area contributed by atoms with Crippen molar-refractivity contribution in [1.29, 1.82) is 0 Å². The molecular formula is C13H20N2O2. The Morgan fingerprint density at radius 2 is 2.06 bits per heavy atom. The Bertz CT molecular complexity index is 347. The number of ether oxygens (including phenoxy) is 1. The minimum Gasteiger partial charge on any atom is -0.494 e. The predicted octanol–water partition coefficient (Wildman–Crippen LogP) is 1.44. The molecule has 1 aromatic carbocycles. The lowest BCUT2D eigenvalue weighted by Crippen LogP contribution is -2.37. The summed E-state index contributed by atoms with van der Waals surface area (Å²) >= 11 is 0. The molecule has 0 bridgehead atoms. The minimum atomic E-state index is -0.470. The Kier molecular flexibility index (Phi) is 5.49. The maximum Gasteiger partial charge on any atom is 0.236 e. The first kappa shape index (κ1) is 13.5. The van der Waals surface area contributed by atoms with Gasteiger partial charge in [-0.2, -0.15) is 0 Å². The molecular weight excluding hydrogens is 216 g/mol. The molecule has 3 N–H and O–H groups in total. The van der Waals surface area contributed by atoms with Crippen molar-refractivity contribution >= 4 is 5.91 Å². The molecule has 0 saturated carbocycles. The molecule has 94 valence electrons. The van der Waals surface area contributed by atoms with Crippen LogP contribution in [0.25, 0.3) is 0 Å². The molecule has 1 atom stereocenters. The van der Waals surface area contributed by atoms with Crippen LogP contribution >= 0.6 is 0 Å². The van der Waals surface area contributed by atoms with Gasteiger partial charge in [0.1, 0.15) is 5.75 Å². The lowest BCUT2D eigenvalue weighted by Gasteiger charge is -2.09. The van der Waals surface area contributed by atoms with Crippen molar-refractivity contribution in [3.63, 3.8) is 0 Å². The van der Waals surface area contributed by atoms with Gasteiger partial charge in [-0.3, -0.25) is 4.79 Å². The third-order valence-electron chi connectivity index (χ3n) is 2.28. The first-order valence-corrected chi connectivity index (χ1v) is 5.88. The molecule has 1 amide bonds. The highest BCUT2D eigenvalue weighted by atomic mass is 16.5. The van der Waals surface area contributed by atoms with Gasteiger partial charge in [0.05, 0.1) is 12.6 Å². The van der Waals surface area contributed by atoms with E-state index in [1.807, 2.05) is 24.3 Å². The molecule has 0 aliphatic rings. The molecule has 0 unspecified atom stereocenters. The van der Waals surface area contributed by atoms with Gasteiger partial charge < -0.3 is 15.8 Å². The third-order valence-corrected chi connectivity index (χ3v) is 2.28. The molecule has 0 aromatic heterocycles. The summed E-state index contributed by atoms with van der Waals surface area (Å²) in [5.74, 6) is 0.713. The average Bonchev–Trinajstić information content (AvgIpc) is 2.34. The number of carbonyl (C=O) groups is 1. The Balaban J connectivity index is 2.42. The van der Waals surface area contributed by atoms with Crippen LogP contribution in [0.1, 0.15) is 25.8 Å². The number of nitrogens with one attached hydrogen (secondary N) is 1. The second kappa shape index (κ2) is 6.91. The van der Waals surface area contributed by atoms with E-state index in [4.69, 9.17) is 10.5 Å². The Morgan fingerprint density at radius 1 is 1.41 bits per heavy atom. The third kappa shape index (κ3) is 4.87. The largest absolute Gasteiger partial charge is 0.494 e. The lowest BCUT2D eigenvalue weighted by molar-refractivity contribution is -0.122. The van der Waals surface area contributed by atoms with Crippen molar-refractivity contribution in [3.8, 4) is 5.75 Å². The van der Waals surface area contributed by atoms with Gasteiger partial charge >= 0.3 is 0 Å². The Labute approximate surface area is 102 Å². The summed E-state index contributed by atoms with van der Waals surface area (Å²) in [5.41, 5.74) is 6.48. The maximum absolute atomic E-state index is 11.3. The van der Waals surface area contributed by atoms with Gasteiger partial charge in [-0.15, -0.1) is 0 Å². The highest BCUT2D eigenvalue weighted by Crippen LogP contribution is 2.12. The monoisotopic (exact) mass is 236 g/mol. The topological polar surface area (TPSA) is 64.3 Å². The van der Waals surface area contributed by atoms with Crippen molar-refractivity contribution in [2.24, 2.45) is 5.73 Å². The lowest BCUT2D eigenvalue weighted by atomic mass is 10.2. The number of carbonyl (C=O) groups excluding carboxylic acids is 1. The molecule has 17 heavy (non-hydrogen) atoms. The normalized spacial score (nSPS) is 11.9. The zero-order valence-corrected chi connectivity index (χ0v) is 10.4. The van der Waals surface area contributed by atoms with E-state index in [9.17, 15) is 4.79 Å². The van der Waals surface area contributed by atoms with Gasteiger partial charge in [-0.05, 0) is 31.0 Å². The smallest absolute Gasteiger partial charge is 0.236 e. The van der Waals surface area contributed by atoms with Crippen LogP contribution in [0.3, 0.4) is 0 Å². The number of hydrogen-bond acceptors (Lipinski definition) is 3. The van der Waals surface area contributed by atoms with Crippen LogP contribution in [0.5, 0.6) is 5.75 Å². The van der Waals surface area contributed by atoms with E-state index in [-0.39, 0.29) is 5.91 Å². The van der Waals surface area contributed by atoms with E-state index >= 15 is 0 Å². The second-order valence-electron chi connectivity index (χ2n) is 4.00. The van der Waals surface area contributed by atoms with Gasteiger partial charge in [0.2, 0.25) is 5.91 Å². The predicted molar refractivity (Wildman–Crippen MR) is 67.7 cm³/mol. The van der Waals surface area contributed by atoms with E-state index in [1.165, 1.54) is 0 Å². The van der Waals surface area contributed by atoms with E-state index in [1.54, 1.807) is 6.92 Å². The van der Waals surface area contributed by atoms with Crippen molar-refractivity contribution in [3.05, 3.63) is 29.8 Å². The highest BCUT2D eigenvalue weighted by molar-refractivity contribution is 5.80. The van der Waals surface area contributed by atoms with Crippen LogP contribution in [0.2, 0.25) is 0 Å². The molecule has 0 spiro atoms. The summed E-state index contributed by atoms with van der Waals surface area (Å²) in [4.78, 5) is 11.3. The van der Waals surface area contributed by atoms with Crippen LogP contribution < -0.4 is 15.8 Å². The van der Waals surface area contributed by atoms with E-state index < -0.39 is 6.04 Å². The molecule has 4 nitrogen and oxygen atoms in total. The van der Waals surface area contributed by atoms with Crippen molar-refractivity contribution in [1.82, 2.24) is 5.32 Å². The molecule has 0 fully saturated rings. The number of amides is 1. The molecule has 0 radical (unpaired) electrons. The Morgan fingerprint density at radius 3 is 2.59 bits per heavy atom. The molecule has 0 aliphatic carbocycles. The molecule has 1 aromatic rings. The second-order valence-corrected chi connectivity index (χ2v) is 4.00. The number of rotatable bonds is 6. The first-order chi connectivity index (χ1) is 8.13. The minimum absolute atomic E-state index is 0.142. The van der Waals surface area contributed by atoms with Gasteiger partial charge in [0, 0.05) is 6.54 Å². The maximum atomic E-state index is 11.3. The zero-order chi connectivity index (χ0) is 12.7. The summed E-state index contributed by atoms with van der Waals surface area (Å²) < 4.78 is 5.47. The van der Waals surface area contributed by atoms with Crippen LogP contribution in [-0.4, -0.2) is 18.6 Å². The van der Waals surface area contributed by atoms with Gasteiger partial charge in [-0.25, -0.2) is 0 Å². The summed E-state index contributed by atoms with van der Waals surface area (Å²) in [6.45, 7) is 4.95. The highest BCUT2D eigenvalue weighted by Gasteiger charge is 2.05. The van der Waals surface area contributed by atoms with Gasteiger partial charge in [-0.1, -0.05) is 19.1 Å². The zero-order valence-electron chi connectivity index (χ0n) is 10.4. The number of benzene rings is 1. The summed E-state index contributed by atoms with van der Waals surface area (Å²) in [6, 6.07) is 7.22. The van der Waals surface area contributed by atoms with Crippen molar-refractivity contribution in [2.45, 2.75) is 32.9 Å². The molecule has 0 saturated heterocycles. The van der Waals surface area contributed by atoms with E-state index in [0.717, 1.165) is 24.3 Å². The van der Waals surface area contributed by atoms with Crippen LogP contribution in [0, 0.1) is 0 Å². The molecule has 0 aliphatic heterocycles. The van der Waals surface area contributed by atoms with Crippen LogP contribution in [0.4, 0.5) is 0 Å². The Hall–Kier alpha value is -1.55. The fourth-order valence-electron chi connectivity index (χ4n) is 1.27. The molecule has 0 heterocycles. The number of nitrogens with two attached hydrogens (primary N) is 1. The summed E-state index contributed by atoms with van der Waals surface area (Å²) in [7, 11) is 0. The quantitative estimate of drug-likeness (QED) is 0.785. The molecule has 1 rings (SSSR count). The van der Waals surface area contributed by atoms with Crippen LogP contribution in [0.15, 0.2) is 24.3 Å². The van der Waals surface area contributed by atoms with Crippen LogP contribution in [-0.2, 0) is 11.3 Å². The van der Waals surface area contributed by atoms with Gasteiger partial charge in [0.15, 0.2) is 0 Å². The first-order valence-electron chi connectivity index (χ1n) is 5.88. The molecule has 4 heteroatoms. The fourth-order valence-corrected chi connectivity index (χ4v) is 1.27. The standard InChI is InChI=1S/C13H20N2O2/c1-3-8-17-12-6-4-11(5-7-12)9-15-13(16)10(2)14/h4-7,10H,3,8-9,14H2,1-2H3,(H,15,16)/t10-/m1/s1. The fraction of sp³-hybridized carbons (Fsp3) is 0.462. The van der Waals surface area contributed by atoms with Crippen molar-refractivity contribution in [2.75, 3.05) is 6.61 Å². The summed E-state index contributed by atoms with van der Waals surface area (Å²) in [5, 5.41) is 2.76. The van der Waals surface area contributed by atoms with E-state index in [2.05, 4.69) is 12.2 Å². The van der Waals surface area contributed by atoms with Gasteiger partial charge in [0.25, 0.3) is 0 Å².